The van der Waals surface area contributed by atoms with Crippen LogP contribution < -0.4 is 4.74 Å². The van der Waals surface area contributed by atoms with Crippen LogP contribution in [0.4, 0.5) is 0 Å². The second-order valence-electron chi connectivity index (χ2n) is 4.75. The molecule has 1 aliphatic rings. The Kier molecular flexibility index (Phi) is 3.63. The van der Waals surface area contributed by atoms with Crippen molar-refractivity contribution in [3.63, 3.8) is 0 Å². The van der Waals surface area contributed by atoms with Gasteiger partial charge >= 0.3 is 0 Å². The quantitative estimate of drug-likeness (QED) is 0.875. The maximum absolute atomic E-state index is 12.1. The molecule has 4 nitrogen and oxygen atoms in total. The number of likely N-dealkylation sites (tertiary alicyclic amines) is 1. The van der Waals surface area contributed by atoms with Gasteiger partial charge in [-0.3, -0.25) is 4.79 Å². The molecule has 1 amide bonds. The highest BCUT2D eigenvalue weighted by atomic mass is 35.5. The van der Waals surface area contributed by atoms with Crippen molar-refractivity contribution in [2.24, 2.45) is 0 Å². The van der Waals surface area contributed by atoms with Crippen LogP contribution in [0.3, 0.4) is 0 Å². The number of carbonyl (C=O) groups is 1. The Hall–Kier alpha value is -1.59. The Bertz CT molecular complexity index is 620. The Balaban J connectivity index is 1.53. The second-order valence-corrected chi connectivity index (χ2v) is 6.10. The fraction of sp³-hybridized carbons (Fsp3) is 0.286. The lowest BCUT2D eigenvalue weighted by molar-refractivity contribution is 0.0164. The van der Waals surface area contributed by atoms with E-state index in [9.17, 15) is 4.79 Å². The highest BCUT2D eigenvalue weighted by Crippen LogP contribution is 2.22. The van der Waals surface area contributed by atoms with Gasteiger partial charge in [-0.05, 0) is 30.0 Å². The fourth-order valence-electron chi connectivity index (χ4n) is 1.98. The molecule has 0 radical (unpaired) electrons. The van der Waals surface area contributed by atoms with Gasteiger partial charge in [0.05, 0.1) is 23.0 Å². The predicted octanol–water partition coefficient (Wildman–Crippen LogP) is 3.01. The van der Waals surface area contributed by atoms with Gasteiger partial charge < -0.3 is 9.64 Å². The number of thiophene rings is 1. The number of ether oxygens (including phenoxy) is 1. The van der Waals surface area contributed by atoms with E-state index in [4.69, 9.17) is 16.3 Å². The maximum atomic E-state index is 12.1. The van der Waals surface area contributed by atoms with Crippen molar-refractivity contribution in [2.75, 3.05) is 13.1 Å². The molecule has 1 aliphatic heterocycles. The molecule has 1 saturated heterocycles. The Morgan fingerprint density at radius 2 is 2.30 bits per heavy atom. The van der Waals surface area contributed by atoms with Gasteiger partial charge in [-0.1, -0.05) is 11.6 Å². The zero-order chi connectivity index (χ0) is 14.1. The number of hydrogen-bond donors (Lipinski definition) is 0. The molecule has 2 aromatic rings. The van der Waals surface area contributed by atoms with Crippen LogP contribution in [-0.2, 0) is 0 Å². The number of aromatic nitrogens is 1. The second kappa shape index (κ2) is 5.42. The molecular weight excluding hydrogens is 296 g/mol. The molecule has 0 unspecified atom stereocenters. The molecule has 0 bridgehead atoms. The van der Waals surface area contributed by atoms with Crippen LogP contribution in [0.1, 0.15) is 15.2 Å². The molecule has 1 fully saturated rings. The van der Waals surface area contributed by atoms with Gasteiger partial charge in [0, 0.05) is 12.3 Å². The average molecular weight is 309 g/mol. The Morgan fingerprint density at radius 1 is 1.50 bits per heavy atom. The van der Waals surface area contributed by atoms with Crippen molar-refractivity contribution in [2.45, 2.75) is 13.0 Å². The van der Waals surface area contributed by atoms with Crippen molar-refractivity contribution in [3.8, 4) is 5.88 Å². The number of carbonyl (C=O) groups excluding carboxylic acids is 1. The Labute approximate surface area is 126 Å². The molecule has 0 saturated carbocycles. The minimum atomic E-state index is 0.00804. The Morgan fingerprint density at radius 3 is 2.90 bits per heavy atom. The maximum Gasteiger partial charge on any atom is 0.264 e. The highest BCUT2D eigenvalue weighted by Gasteiger charge is 2.33. The number of hydrogen-bond acceptors (Lipinski definition) is 4. The van der Waals surface area contributed by atoms with Gasteiger partial charge in [-0.15, -0.1) is 11.3 Å². The van der Waals surface area contributed by atoms with E-state index in [0.29, 0.717) is 24.0 Å². The van der Waals surface area contributed by atoms with E-state index in [-0.39, 0.29) is 12.0 Å². The zero-order valence-electron chi connectivity index (χ0n) is 10.9. The van der Waals surface area contributed by atoms with Gasteiger partial charge in [0.1, 0.15) is 6.10 Å². The largest absolute Gasteiger partial charge is 0.471 e. The van der Waals surface area contributed by atoms with E-state index < -0.39 is 0 Å². The van der Waals surface area contributed by atoms with Crippen LogP contribution >= 0.6 is 22.9 Å². The SMILES string of the molecule is Cc1csc(C(=O)N2CC(Oc3ccc(Cl)cn3)C2)c1. The topological polar surface area (TPSA) is 42.4 Å². The van der Waals surface area contributed by atoms with Gasteiger partial charge in [0.25, 0.3) is 5.91 Å². The first-order chi connectivity index (χ1) is 9.61. The summed E-state index contributed by atoms with van der Waals surface area (Å²) in [5, 5.41) is 2.56. The van der Waals surface area contributed by atoms with E-state index in [1.807, 2.05) is 18.4 Å². The van der Waals surface area contributed by atoms with Gasteiger partial charge in [-0.2, -0.15) is 0 Å². The molecule has 0 atom stereocenters. The summed E-state index contributed by atoms with van der Waals surface area (Å²) < 4.78 is 5.67. The average Bonchev–Trinajstić information content (AvgIpc) is 2.81. The summed E-state index contributed by atoms with van der Waals surface area (Å²) in [5.74, 6) is 0.616. The molecule has 2 aromatic heterocycles. The molecule has 104 valence electrons. The third kappa shape index (κ3) is 2.78. The standard InChI is InChI=1S/C14H13ClN2O2S/c1-9-4-12(20-8-9)14(18)17-6-11(7-17)19-13-3-2-10(15)5-16-13/h2-5,8,11H,6-7H2,1H3. The van der Waals surface area contributed by atoms with Gasteiger partial charge in [-0.25, -0.2) is 4.98 Å². The monoisotopic (exact) mass is 308 g/mol. The number of aryl methyl sites for hydroxylation is 1. The number of amides is 1. The van der Waals surface area contributed by atoms with E-state index >= 15 is 0 Å². The normalized spacial score (nSPS) is 15.0. The molecular formula is C14H13ClN2O2S. The van der Waals surface area contributed by atoms with Crippen molar-refractivity contribution >= 4 is 28.8 Å². The summed E-state index contributed by atoms with van der Waals surface area (Å²) in [6, 6.07) is 5.39. The van der Waals surface area contributed by atoms with Crippen LogP contribution in [0, 0.1) is 6.92 Å². The summed E-state index contributed by atoms with van der Waals surface area (Å²) in [6.45, 7) is 3.18. The number of nitrogens with zero attached hydrogens (tertiary/aromatic N) is 2. The van der Waals surface area contributed by atoms with Crippen LogP contribution in [-0.4, -0.2) is 35.0 Å². The van der Waals surface area contributed by atoms with Gasteiger partial charge in [0.15, 0.2) is 0 Å². The van der Waals surface area contributed by atoms with E-state index in [1.165, 1.54) is 11.3 Å². The third-order valence-corrected chi connectivity index (χ3v) is 4.32. The molecule has 3 heterocycles. The lowest BCUT2D eigenvalue weighted by Crippen LogP contribution is -2.56. The third-order valence-electron chi connectivity index (χ3n) is 3.06. The summed E-state index contributed by atoms with van der Waals surface area (Å²) >= 11 is 7.24. The molecule has 0 spiro atoms. The molecule has 0 N–H and O–H groups in total. The first-order valence-electron chi connectivity index (χ1n) is 6.24. The first kappa shape index (κ1) is 13.4. The van der Waals surface area contributed by atoms with Crippen LogP contribution in [0.5, 0.6) is 5.88 Å². The molecule has 0 aliphatic carbocycles. The van der Waals surface area contributed by atoms with Crippen molar-refractivity contribution < 1.29 is 9.53 Å². The summed E-state index contributed by atoms with van der Waals surface area (Å²) in [5.41, 5.74) is 1.12. The number of halogens is 1. The zero-order valence-corrected chi connectivity index (χ0v) is 12.4. The minimum absolute atomic E-state index is 0.00804. The fourth-order valence-corrected chi connectivity index (χ4v) is 2.96. The lowest BCUT2D eigenvalue weighted by Gasteiger charge is -2.38. The van der Waals surface area contributed by atoms with E-state index in [2.05, 4.69) is 4.98 Å². The summed E-state index contributed by atoms with van der Waals surface area (Å²) in [6.07, 6.45) is 1.56. The predicted molar refractivity (Wildman–Crippen MR) is 78.6 cm³/mol. The van der Waals surface area contributed by atoms with Crippen molar-refractivity contribution in [1.82, 2.24) is 9.88 Å². The smallest absolute Gasteiger partial charge is 0.264 e. The van der Waals surface area contributed by atoms with Crippen LogP contribution in [0.2, 0.25) is 5.02 Å². The summed E-state index contributed by atoms with van der Waals surface area (Å²) in [4.78, 5) is 18.8. The van der Waals surface area contributed by atoms with E-state index in [1.54, 1.807) is 23.2 Å². The minimum Gasteiger partial charge on any atom is -0.471 e. The molecule has 0 aromatic carbocycles. The van der Waals surface area contributed by atoms with Crippen molar-refractivity contribution in [1.29, 1.82) is 0 Å². The van der Waals surface area contributed by atoms with Crippen LogP contribution in [0.25, 0.3) is 0 Å². The first-order valence-corrected chi connectivity index (χ1v) is 7.50. The number of rotatable bonds is 3. The van der Waals surface area contributed by atoms with Crippen molar-refractivity contribution in [3.05, 3.63) is 45.2 Å². The molecule has 3 rings (SSSR count). The lowest BCUT2D eigenvalue weighted by atomic mass is 10.1. The number of pyridine rings is 1. The highest BCUT2D eigenvalue weighted by molar-refractivity contribution is 7.12. The molecule has 6 heteroatoms. The van der Waals surface area contributed by atoms with Gasteiger partial charge in [0.2, 0.25) is 5.88 Å². The molecule has 20 heavy (non-hydrogen) atoms. The van der Waals surface area contributed by atoms with E-state index in [0.717, 1.165) is 10.4 Å². The van der Waals surface area contributed by atoms with Crippen LogP contribution in [0.15, 0.2) is 29.8 Å². The summed E-state index contributed by atoms with van der Waals surface area (Å²) in [7, 11) is 0.